The molecule has 0 fully saturated rings. The Kier molecular flexibility index (Phi) is 4.89. The molecule has 0 amide bonds. The first-order chi connectivity index (χ1) is 12.4. The highest BCUT2D eigenvalue weighted by Gasteiger charge is 2.32. The van der Waals surface area contributed by atoms with Crippen molar-refractivity contribution in [1.29, 1.82) is 0 Å². The Balaban J connectivity index is 2.02. The molecule has 0 saturated carbocycles. The largest absolute Gasteiger partial charge is 0.508 e. The van der Waals surface area contributed by atoms with Crippen LogP contribution in [0.3, 0.4) is 0 Å². The first-order valence-corrected chi connectivity index (χ1v) is 8.45. The van der Waals surface area contributed by atoms with Crippen LogP contribution in [0.4, 0.5) is 0 Å². The molecule has 0 aliphatic carbocycles. The first-order valence-electron chi connectivity index (χ1n) is 8.45. The van der Waals surface area contributed by atoms with Gasteiger partial charge in [-0.2, -0.15) is 0 Å². The molecule has 26 heavy (non-hydrogen) atoms. The number of ketones is 1. The van der Waals surface area contributed by atoms with E-state index in [4.69, 9.17) is 9.47 Å². The van der Waals surface area contributed by atoms with E-state index in [0.717, 1.165) is 11.1 Å². The Bertz CT molecular complexity index is 861. The monoisotopic (exact) mass is 354 g/mol. The number of phenols is 2. The van der Waals surface area contributed by atoms with E-state index >= 15 is 0 Å². The number of allylic oxidation sites excluding steroid dienone is 2. The van der Waals surface area contributed by atoms with Crippen LogP contribution in [0.5, 0.6) is 23.0 Å². The molecular formula is C21H22O5. The van der Waals surface area contributed by atoms with E-state index in [1.165, 1.54) is 7.11 Å². The molecule has 1 heterocycles. The zero-order valence-electron chi connectivity index (χ0n) is 15.1. The topological polar surface area (TPSA) is 76.0 Å². The second-order valence-corrected chi connectivity index (χ2v) is 6.59. The second kappa shape index (κ2) is 7.12. The molecule has 0 bridgehead atoms. The van der Waals surface area contributed by atoms with Crippen molar-refractivity contribution in [3.05, 3.63) is 58.7 Å². The minimum atomic E-state index is -0.469. The van der Waals surface area contributed by atoms with Crippen LogP contribution in [0.2, 0.25) is 0 Å². The van der Waals surface area contributed by atoms with Crippen LogP contribution in [0.15, 0.2) is 42.0 Å². The highest BCUT2D eigenvalue weighted by molar-refractivity contribution is 6.03. The summed E-state index contributed by atoms with van der Waals surface area (Å²) in [4.78, 5) is 12.7. The molecule has 2 aromatic carbocycles. The quantitative estimate of drug-likeness (QED) is 0.800. The van der Waals surface area contributed by atoms with E-state index in [-0.39, 0.29) is 29.3 Å². The second-order valence-electron chi connectivity index (χ2n) is 6.59. The van der Waals surface area contributed by atoms with Gasteiger partial charge in [0, 0.05) is 11.6 Å². The Morgan fingerprint density at radius 2 is 1.96 bits per heavy atom. The van der Waals surface area contributed by atoms with Gasteiger partial charge in [0.1, 0.15) is 34.7 Å². The number of hydrogen-bond acceptors (Lipinski definition) is 5. The maximum absolute atomic E-state index is 12.7. The van der Waals surface area contributed by atoms with Gasteiger partial charge in [-0.25, -0.2) is 0 Å². The Morgan fingerprint density at radius 3 is 2.58 bits per heavy atom. The summed E-state index contributed by atoms with van der Waals surface area (Å²) in [5.41, 5.74) is 2.68. The fourth-order valence-electron chi connectivity index (χ4n) is 3.05. The zero-order valence-corrected chi connectivity index (χ0v) is 15.1. The fraction of sp³-hybridized carbons (Fsp3) is 0.286. The van der Waals surface area contributed by atoms with Crippen LogP contribution in [0.25, 0.3) is 0 Å². The van der Waals surface area contributed by atoms with Gasteiger partial charge in [-0.3, -0.25) is 4.79 Å². The highest BCUT2D eigenvalue weighted by Crippen LogP contribution is 2.45. The lowest BCUT2D eigenvalue weighted by Crippen LogP contribution is -2.21. The molecular weight excluding hydrogens is 332 g/mol. The van der Waals surface area contributed by atoms with Gasteiger partial charge in [0.25, 0.3) is 0 Å². The normalized spacial score (nSPS) is 15.8. The molecule has 5 nitrogen and oxygen atoms in total. The average Bonchev–Trinajstić information content (AvgIpc) is 2.60. The lowest BCUT2D eigenvalue weighted by molar-refractivity contribution is 0.0844. The number of carbonyl (C=O) groups excluding carboxylic acids is 1. The van der Waals surface area contributed by atoms with Gasteiger partial charge in [0.05, 0.1) is 13.5 Å². The predicted molar refractivity (Wildman–Crippen MR) is 98.2 cm³/mol. The smallest absolute Gasteiger partial charge is 0.174 e. The predicted octanol–water partition coefficient (Wildman–Crippen LogP) is 4.32. The molecule has 136 valence electrons. The van der Waals surface area contributed by atoms with Crippen molar-refractivity contribution >= 4 is 5.78 Å². The van der Waals surface area contributed by atoms with Gasteiger partial charge in [-0.1, -0.05) is 23.8 Å². The molecule has 3 rings (SSSR count). The summed E-state index contributed by atoms with van der Waals surface area (Å²) in [5.74, 6) is 0.695. The van der Waals surface area contributed by atoms with Gasteiger partial charge < -0.3 is 19.7 Å². The van der Waals surface area contributed by atoms with Gasteiger partial charge in [0.15, 0.2) is 5.78 Å². The number of aromatic hydroxyl groups is 2. The summed E-state index contributed by atoms with van der Waals surface area (Å²) in [5, 5.41) is 20.1. The Morgan fingerprint density at radius 1 is 1.27 bits per heavy atom. The minimum Gasteiger partial charge on any atom is -0.508 e. The van der Waals surface area contributed by atoms with Crippen molar-refractivity contribution in [2.45, 2.75) is 32.8 Å². The number of methoxy groups -OCH3 is 1. The summed E-state index contributed by atoms with van der Waals surface area (Å²) in [6.07, 6.45) is 2.10. The van der Waals surface area contributed by atoms with Crippen LogP contribution in [0, 0.1) is 0 Å². The molecule has 0 saturated heterocycles. The first kappa shape index (κ1) is 17.9. The maximum Gasteiger partial charge on any atom is 0.174 e. The van der Waals surface area contributed by atoms with Crippen LogP contribution in [-0.2, 0) is 6.42 Å². The number of carbonyl (C=O) groups is 1. The van der Waals surface area contributed by atoms with Crippen LogP contribution in [0.1, 0.15) is 47.9 Å². The number of hydrogen-bond donors (Lipinski definition) is 2. The fourth-order valence-corrected chi connectivity index (χ4v) is 3.05. The summed E-state index contributed by atoms with van der Waals surface area (Å²) in [7, 11) is 1.52. The molecule has 0 radical (unpaired) electrons. The number of phenolic OH excluding ortho intramolecular Hbond substituents is 2. The van der Waals surface area contributed by atoms with E-state index in [9.17, 15) is 15.0 Å². The van der Waals surface area contributed by atoms with E-state index < -0.39 is 6.10 Å². The van der Waals surface area contributed by atoms with Crippen molar-refractivity contribution < 1.29 is 24.5 Å². The highest BCUT2D eigenvalue weighted by atomic mass is 16.5. The molecule has 1 aliphatic heterocycles. The molecule has 5 heteroatoms. The summed E-state index contributed by atoms with van der Waals surface area (Å²) in [6.45, 7) is 3.94. The molecule has 0 unspecified atom stereocenters. The van der Waals surface area contributed by atoms with Gasteiger partial charge in [-0.15, -0.1) is 0 Å². The molecule has 0 aromatic heterocycles. The third kappa shape index (κ3) is 3.38. The van der Waals surface area contributed by atoms with Crippen molar-refractivity contribution in [1.82, 2.24) is 0 Å². The maximum atomic E-state index is 12.7. The third-order valence-corrected chi connectivity index (χ3v) is 4.45. The zero-order chi connectivity index (χ0) is 18.8. The van der Waals surface area contributed by atoms with E-state index in [0.29, 0.717) is 23.5 Å². The number of Topliss-reactive ketones (excluding diaryl/α,β-unsaturated/α-hetero) is 1. The molecule has 2 N–H and O–H groups in total. The number of rotatable bonds is 4. The van der Waals surface area contributed by atoms with Gasteiger partial charge in [-0.05, 0) is 38.0 Å². The average molecular weight is 354 g/mol. The number of ether oxygens (including phenoxy) is 2. The molecule has 2 aromatic rings. The van der Waals surface area contributed by atoms with E-state index in [1.807, 2.05) is 19.9 Å². The van der Waals surface area contributed by atoms with Crippen molar-refractivity contribution in [3.63, 3.8) is 0 Å². The van der Waals surface area contributed by atoms with E-state index in [1.54, 1.807) is 30.3 Å². The van der Waals surface area contributed by atoms with E-state index in [2.05, 4.69) is 0 Å². The Hall–Kier alpha value is -2.95. The summed E-state index contributed by atoms with van der Waals surface area (Å²) in [6, 6.07) is 8.21. The molecule has 0 spiro atoms. The Labute approximate surface area is 152 Å². The number of benzene rings is 2. The lowest BCUT2D eigenvalue weighted by Gasteiger charge is -2.27. The summed E-state index contributed by atoms with van der Waals surface area (Å²) < 4.78 is 11.4. The van der Waals surface area contributed by atoms with Gasteiger partial charge in [0.2, 0.25) is 0 Å². The lowest BCUT2D eigenvalue weighted by atomic mass is 9.92. The van der Waals surface area contributed by atoms with Crippen molar-refractivity contribution in [2.75, 3.05) is 7.11 Å². The third-order valence-electron chi connectivity index (χ3n) is 4.45. The van der Waals surface area contributed by atoms with Crippen LogP contribution < -0.4 is 9.47 Å². The van der Waals surface area contributed by atoms with Crippen molar-refractivity contribution in [2.24, 2.45) is 0 Å². The minimum absolute atomic E-state index is 0.0778. The van der Waals surface area contributed by atoms with Crippen molar-refractivity contribution in [3.8, 4) is 23.0 Å². The van der Waals surface area contributed by atoms with Crippen LogP contribution >= 0.6 is 0 Å². The SMILES string of the molecule is COc1cc2c(c(O)c1CC=C(C)C)C(=O)C[C@@H](c1ccc(O)cc1)O2. The number of fused-ring (bicyclic) bond motifs is 1. The van der Waals surface area contributed by atoms with Gasteiger partial charge >= 0.3 is 0 Å². The molecule has 1 atom stereocenters. The van der Waals surface area contributed by atoms with Crippen LogP contribution in [-0.4, -0.2) is 23.1 Å². The molecule has 1 aliphatic rings. The summed E-state index contributed by atoms with van der Waals surface area (Å²) >= 11 is 0. The standard InChI is InChI=1S/C21H22O5/c1-12(2)4-9-15-18(25-3)11-19-20(21(15)24)16(23)10-17(26-19)13-5-7-14(22)8-6-13/h4-8,11,17,22,24H,9-10H2,1-3H3/t17-/m0/s1.